The summed E-state index contributed by atoms with van der Waals surface area (Å²) in [7, 11) is -3.79. The van der Waals surface area contributed by atoms with Crippen molar-refractivity contribution in [1.82, 2.24) is 10.1 Å². The van der Waals surface area contributed by atoms with Gasteiger partial charge in [-0.15, -0.1) is 0 Å². The third-order valence-electron chi connectivity index (χ3n) is 4.25. The number of halogens is 1. The van der Waals surface area contributed by atoms with Crippen LogP contribution >= 0.6 is 15.9 Å². The van der Waals surface area contributed by atoms with Gasteiger partial charge < -0.3 is 5.11 Å². The minimum absolute atomic E-state index is 0.00392. The van der Waals surface area contributed by atoms with E-state index in [1.165, 1.54) is 12.1 Å². The lowest BCUT2D eigenvalue weighted by molar-refractivity contribution is 0.159. The second-order valence-electron chi connectivity index (χ2n) is 7.34. The topological polar surface area (TPSA) is 104 Å². The van der Waals surface area contributed by atoms with E-state index >= 15 is 0 Å². The molecule has 2 rings (SSSR count). The van der Waals surface area contributed by atoms with Crippen molar-refractivity contribution in [2.24, 2.45) is 5.84 Å². The molecule has 3 unspecified atom stereocenters. The third-order valence-corrected chi connectivity index (χ3v) is 6.74. The zero-order valence-corrected chi connectivity index (χ0v) is 18.0. The van der Waals surface area contributed by atoms with Crippen LogP contribution < -0.4 is 16.0 Å². The Morgan fingerprint density at radius 2 is 1.59 bits per heavy atom. The molecule has 3 atom stereocenters. The lowest BCUT2D eigenvalue weighted by atomic mass is 9.86. The Kier molecular flexibility index (Phi) is 7.18. The predicted molar refractivity (Wildman–Crippen MR) is 111 cm³/mol. The minimum Gasteiger partial charge on any atom is -0.387 e. The summed E-state index contributed by atoms with van der Waals surface area (Å²) in [6.07, 6.45) is -1.90. The standard InChI is InChI=1S/C19H26BrN3O3S/c1-19(2,3)14-11-9-13(10-12-14)17(24)16(20)18(22-21)23-27(25,26)15-7-5-4-6-8-15/h4-12,16-18,22-24H,21H2,1-3H3. The average molecular weight is 456 g/mol. The van der Waals surface area contributed by atoms with Gasteiger partial charge in [-0.05, 0) is 28.7 Å². The van der Waals surface area contributed by atoms with Crippen molar-refractivity contribution in [2.75, 3.05) is 0 Å². The van der Waals surface area contributed by atoms with Crippen LogP contribution in [0.2, 0.25) is 0 Å². The van der Waals surface area contributed by atoms with Gasteiger partial charge in [0.1, 0.15) is 0 Å². The number of rotatable bonds is 7. The fourth-order valence-corrected chi connectivity index (χ4v) is 4.54. The van der Waals surface area contributed by atoms with E-state index in [1.54, 1.807) is 18.2 Å². The monoisotopic (exact) mass is 455 g/mol. The number of benzene rings is 2. The number of sulfonamides is 1. The van der Waals surface area contributed by atoms with Crippen molar-refractivity contribution < 1.29 is 13.5 Å². The van der Waals surface area contributed by atoms with Crippen molar-refractivity contribution in [3.05, 3.63) is 65.7 Å². The van der Waals surface area contributed by atoms with E-state index < -0.39 is 27.1 Å². The molecular weight excluding hydrogens is 430 g/mol. The Hall–Kier alpha value is -1.29. The summed E-state index contributed by atoms with van der Waals surface area (Å²) in [4.78, 5) is -0.574. The SMILES string of the molecule is CC(C)(C)c1ccc(C(O)C(Br)C(NN)NS(=O)(=O)c2ccccc2)cc1. The van der Waals surface area contributed by atoms with Crippen molar-refractivity contribution >= 4 is 26.0 Å². The van der Waals surface area contributed by atoms with Gasteiger partial charge in [0.2, 0.25) is 10.0 Å². The summed E-state index contributed by atoms with van der Waals surface area (Å²) >= 11 is 3.37. The van der Waals surface area contributed by atoms with Crippen LogP contribution in [0.1, 0.15) is 38.0 Å². The molecule has 2 aromatic rings. The Balaban J connectivity index is 2.17. The first-order valence-electron chi connectivity index (χ1n) is 8.52. The van der Waals surface area contributed by atoms with Crippen molar-refractivity contribution in [3.63, 3.8) is 0 Å². The molecule has 0 amide bonds. The molecule has 0 fully saturated rings. The Labute approximate surface area is 169 Å². The number of aliphatic hydroxyl groups excluding tert-OH is 1. The molecular formula is C19H26BrN3O3S. The van der Waals surface area contributed by atoms with Crippen LogP contribution in [-0.4, -0.2) is 24.5 Å². The van der Waals surface area contributed by atoms with Gasteiger partial charge in [-0.1, -0.05) is 79.2 Å². The largest absolute Gasteiger partial charge is 0.387 e. The predicted octanol–water partition coefficient (Wildman–Crippen LogP) is 2.55. The number of aliphatic hydroxyl groups is 1. The van der Waals surface area contributed by atoms with E-state index in [0.29, 0.717) is 5.56 Å². The van der Waals surface area contributed by atoms with Crippen LogP contribution in [0.5, 0.6) is 0 Å². The quantitative estimate of drug-likeness (QED) is 0.222. The van der Waals surface area contributed by atoms with Crippen LogP contribution in [0, 0.1) is 0 Å². The summed E-state index contributed by atoms with van der Waals surface area (Å²) in [5.41, 5.74) is 4.22. The highest BCUT2D eigenvalue weighted by Gasteiger charge is 2.30. The van der Waals surface area contributed by atoms with Gasteiger partial charge in [0.25, 0.3) is 0 Å². The smallest absolute Gasteiger partial charge is 0.241 e. The molecule has 2 aromatic carbocycles. The molecule has 0 heterocycles. The zero-order valence-electron chi connectivity index (χ0n) is 15.6. The molecule has 27 heavy (non-hydrogen) atoms. The first-order chi connectivity index (χ1) is 12.6. The molecule has 0 saturated heterocycles. The number of hydrogen-bond acceptors (Lipinski definition) is 5. The van der Waals surface area contributed by atoms with Crippen molar-refractivity contribution in [1.29, 1.82) is 0 Å². The molecule has 0 saturated carbocycles. The second kappa shape index (κ2) is 8.81. The Bertz CT molecular complexity index is 837. The van der Waals surface area contributed by atoms with Gasteiger partial charge in [-0.25, -0.2) is 13.8 Å². The fraction of sp³-hybridized carbons (Fsp3) is 0.368. The van der Waals surface area contributed by atoms with Crippen LogP contribution in [0.15, 0.2) is 59.5 Å². The summed E-state index contributed by atoms with van der Waals surface area (Å²) in [6, 6.07) is 15.6. The minimum atomic E-state index is -3.79. The number of hydrogen-bond donors (Lipinski definition) is 4. The number of nitrogens with two attached hydrogens (primary N) is 1. The highest BCUT2D eigenvalue weighted by Crippen LogP contribution is 2.28. The lowest BCUT2D eigenvalue weighted by Gasteiger charge is -2.27. The molecule has 0 radical (unpaired) electrons. The number of alkyl halides is 1. The molecule has 0 aliphatic carbocycles. The van der Waals surface area contributed by atoms with Gasteiger partial charge >= 0.3 is 0 Å². The van der Waals surface area contributed by atoms with Crippen LogP contribution in [-0.2, 0) is 15.4 Å². The average Bonchev–Trinajstić information content (AvgIpc) is 2.65. The normalized spacial score (nSPS) is 15.9. The van der Waals surface area contributed by atoms with Gasteiger partial charge in [-0.3, -0.25) is 5.84 Å². The fourth-order valence-electron chi connectivity index (χ4n) is 2.57. The summed E-state index contributed by atoms with van der Waals surface area (Å²) in [5, 5.41) is 10.7. The molecule has 0 aromatic heterocycles. The Morgan fingerprint density at radius 1 is 1.04 bits per heavy atom. The summed E-state index contributed by atoms with van der Waals surface area (Å²) in [5.74, 6) is 5.54. The van der Waals surface area contributed by atoms with Crippen LogP contribution in [0.4, 0.5) is 0 Å². The van der Waals surface area contributed by atoms with E-state index in [-0.39, 0.29) is 10.3 Å². The molecule has 6 nitrogen and oxygen atoms in total. The molecule has 0 spiro atoms. The van der Waals surface area contributed by atoms with Gasteiger partial charge in [0.15, 0.2) is 0 Å². The maximum Gasteiger partial charge on any atom is 0.241 e. The molecule has 0 aliphatic heterocycles. The highest BCUT2D eigenvalue weighted by atomic mass is 79.9. The van der Waals surface area contributed by atoms with Gasteiger partial charge in [-0.2, -0.15) is 4.72 Å². The maximum absolute atomic E-state index is 12.5. The molecule has 0 bridgehead atoms. The van der Waals surface area contributed by atoms with E-state index in [1.807, 2.05) is 24.3 Å². The van der Waals surface area contributed by atoms with E-state index in [0.717, 1.165) is 5.56 Å². The Morgan fingerprint density at radius 3 is 2.07 bits per heavy atom. The second-order valence-corrected chi connectivity index (χ2v) is 10.1. The third kappa shape index (κ3) is 5.60. The number of nitrogens with one attached hydrogen (secondary N) is 2. The maximum atomic E-state index is 12.5. The summed E-state index contributed by atoms with van der Waals surface area (Å²) < 4.78 is 27.5. The van der Waals surface area contributed by atoms with Crippen molar-refractivity contribution in [2.45, 2.75) is 48.2 Å². The molecule has 5 N–H and O–H groups in total. The molecule has 8 heteroatoms. The van der Waals surface area contributed by atoms with E-state index in [4.69, 9.17) is 5.84 Å². The zero-order chi connectivity index (χ0) is 20.2. The first kappa shape index (κ1) is 22.0. The van der Waals surface area contributed by atoms with E-state index in [9.17, 15) is 13.5 Å². The summed E-state index contributed by atoms with van der Waals surface area (Å²) in [6.45, 7) is 6.33. The lowest BCUT2D eigenvalue weighted by Crippen LogP contribution is -2.54. The highest BCUT2D eigenvalue weighted by molar-refractivity contribution is 9.09. The number of hydrazine groups is 1. The molecule has 0 aliphatic rings. The van der Waals surface area contributed by atoms with Gasteiger partial charge in [0.05, 0.1) is 22.0 Å². The molecule has 148 valence electrons. The van der Waals surface area contributed by atoms with E-state index in [2.05, 4.69) is 46.8 Å². The van der Waals surface area contributed by atoms with Crippen LogP contribution in [0.25, 0.3) is 0 Å². The van der Waals surface area contributed by atoms with Gasteiger partial charge in [0, 0.05) is 0 Å². The van der Waals surface area contributed by atoms with Crippen LogP contribution in [0.3, 0.4) is 0 Å². The van der Waals surface area contributed by atoms with Crippen molar-refractivity contribution in [3.8, 4) is 0 Å². The first-order valence-corrected chi connectivity index (χ1v) is 10.9.